The Kier molecular flexibility index (Phi) is 2.94. The van der Waals surface area contributed by atoms with Gasteiger partial charge in [0.05, 0.1) is 0 Å². The standard InChI is InChI=1S/C11H10ClFN2O/c1-15-5-4-14-11(15)10(16)8-6-7(13)2-3-9(8)12/h2-6,10,16H,1H3. The van der Waals surface area contributed by atoms with E-state index in [-0.39, 0.29) is 0 Å². The summed E-state index contributed by atoms with van der Waals surface area (Å²) in [5, 5.41) is 10.3. The Morgan fingerprint density at radius 2 is 2.25 bits per heavy atom. The molecular weight excluding hydrogens is 231 g/mol. The van der Waals surface area contributed by atoms with E-state index in [1.165, 1.54) is 18.2 Å². The zero-order valence-corrected chi connectivity index (χ0v) is 9.32. The van der Waals surface area contributed by atoms with Crippen LogP contribution in [0.5, 0.6) is 0 Å². The molecule has 1 unspecified atom stereocenters. The molecule has 0 amide bonds. The molecule has 0 aliphatic heterocycles. The van der Waals surface area contributed by atoms with Crippen molar-refractivity contribution in [1.29, 1.82) is 0 Å². The summed E-state index contributed by atoms with van der Waals surface area (Å²) in [6.45, 7) is 0. The van der Waals surface area contributed by atoms with E-state index in [0.29, 0.717) is 16.4 Å². The normalized spacial score (nSPS) is 12.8. The minimum absolute atomic E-state index is 0.316. The number of imidazole rings is 1. The van der Waals surface area contributed by atoms with Crippen LogP contribution in [0.3, 0.4) is 0 Å². The zero-order valence-electron chi connectivity index (χ0n) is 8.56. The third kappa shape index (κ3) is 1.94. The van der Waals surface area contributed by atoms with E-state index in [9.17, 15) is 9.50 Å². The van der Waals surface area contributed by atoms with Gasteiger partial charge in [-0.3, -0.25) is 0 Å². The Hall–Kier alpha value is -1.39. The van der Waals surface area contributed by atoms with Gasteiger partial charge in [0.15, 0.2) is 0 Å². The number of aliphatic hydroxyl groups is 1. The molecule has 0 fully saturated rings. The first-order chi connectivity index (χ1) is 7.59. The van der Waals surface area contributed by atoms with Crippen LogP contribution >= 0.6 is 11.6 Å². The highest BCUT2D eigenvalue weighted by Gasteiger charge is 2.18. The highest BCUT2D eigenvalue weighted by molar-refractivity contribution is 6.31. The summed E-state index contributed by atoms with van der Waals surface area (Å²) in [7, 11) is 1.75. The highest BCUT2D eigenvalue weighted by atomic mass is 35.5. The van der Waals surface area contributed by atoms with E-state index in [1.807, 2.05) is 0 Å². The van der Waals surface area contributed by atoms with E-state index in [0.717, 1.165) is 0 Å². The average molecular weight is 241 g/mol. The first kappa shape index (κ1) is 11.1. The van der Waals surface area contributed by atoms with Crippen molar-refractivity contribution in [2.24, 2.45) is 7.05 Å². The Balaban J connectivity index is 2.45. The molecule has 0 saturated heterocycles. The van der Waals surface area contributed by atoms with Crippen LogP contribution in [-0.4, -0.2) is 14.7 Å². The molecule has 0 saturated carbocycles. The lowest BCUT2D eigenvalue weighted by Gasteiger charge is -2.12. The van der Waals surface area contributed by atoms with Crippen molar-refractivity contribution in [3.8, 4) is 0 Å². The van der Waals surface area contributed by atoms with Gasteiger partial charge in [-0.2, -0.15) is 0 Å². The van der Waals surface area contributed by atoms with Crippen molar-refractivity contribution < 1.29 is 9.50 Å². The number of aromatic nitrogens is 2. The molecule has 1 aromatic carbocycles. The Morgan fingerprint density at radius 1 is 1.50 bits per heavy atom. The Morgan fingerprint density at radius 3 is 2.88 bits per heavy atom. The van der Waals surface area contributed by atoms with E-state index in [2.05, 4.69) is 4.98 Å². The summed E-state index contributed by atoms with van der Waals surface area (Å²) in [5.41, 5.74) is 0.316. The maximum atomic E-state index is 13.1. The molecule has 2 aromatic rings. The minimum Gasteiger partial charge on any atom is -0.380 e. The first-order valence-corrected chi connectivity index (χ1v) is 5.07. The van der Waals surface area contributed by atoms with Crippen molar-refractivity contribution in [2.45, 2.75) is 6.10 Å². The van der Waals surface area contributed by atoms with E-state index in [1.54, 1.807) is 24.0 Å². The summed E-state index contributed by atoms with van der Waals surface area (Å²) < 4.78 is 14.7. The van der Waals surface area contributed by atoms with Gasteiger partial charge in [-0.25, -0.2) is 9.37 Å². The molecule has 1 N–H and O–H groups in total. The fourth-order valence-electron chi connectivity index (χ4n) is 1.50. The number of rotatable bonds is 2. The molecule has 0 aliphatic carbocycles. The predicted octanol–water partition coefficient (Wildman–Crippen LogP) is 2.29. The van der Waals surface area contributed by atoms with Gasteiger partial charge in [0.25, 0.3) is 0 Å². The number of hydrogen-bond acceptors (Lipinski definition) is 2. The minimum atomic E-state index is -1.02. The Labute approximate surface area is 97.1 Å². The summed E-state index contributed by atoms with van der Waals surface area (Å²) in [4.78, 5) is 3.99. The largest absolute Gasteiger partial charge is 0.380 e. The second kappa shape index (κ2) is 4.23. The number of aliphatic hydroxyl groups excluding tert-OH is 1. The van der Waals surface area contributed by atoms with E-state index >= 15 is 0 Å². The number of hydrogen-bond donors (Lipinski definition) is 1. The Bertz CT molecular complexity index is 512. The van der Waals surface area contributed by atoms with Gasteiger partial charge >= 0.3 is 0 Å². The third-order valence-corrected chi connectivity index (χ3v) is 2.70. The van der Waals surface area contributed by atoms with Gasteiger partial charge in [0.1, 0.15) is 17.7 Å². The molecule has 1 heterocycles. The van der Waals surface area contributed by atoms with Gasteiger partial charge in [-0.05, 0) is 18.2 Å². The first-order valence-electron chi connectivity index (χ1n) is 4.70. The van der Waals surface area contributed by atoms with Crippen molar-refractivity contribution in [2.75, 3.05) is 0 Å². The van der Waals surface area contributed by atoms with E-state index < -0.39 is 11.9 Å². The summed E-state index contributed by atoms with van der Waals surface area (Å²) in [6, 6.07) is 3.87. The third-order valence-electron chi connectivity index (χ3n) is 2.36. The SMILES string of the molecule is Cn1ccnc1C(O)c1cc(F)ccc1Cl. The van der Waals surface area contributed by atoms with Crippen molar-refractivity contribution in [3.63, 3.8) is 0 Å². The smallest absolute Gasteiger partial charge is 0.142 e. The highest BCUT2D eigenvalue weighted by Crippen LogP contribution is 2.27. The molecule has 1 aromatic heterocycles. The van der Waals surface area contributed by atoms with Crippen LogP contribution in [-0.2, 0) is 7.05 Å². The van der Waals surface area contributed by atoms with Crippen LogP contribution in [0.1, 0.15) is 17.5 Å². The number of halogens is 2. The van der Waals surface area contributed by atoms with Crippen LogP contribution in [0.15, 0.2) is 30.6 Å². The number of benzene rings is 1. The quantitative estimate of drug-likeness (QED) is 0.875. The molecule has 0 aliphatic rings. The molecule has 5 heteroatoms. The summed E-state index contributed by atoms with van der Waals surface area (Å²) in [6.07, 6.45) is 2.24. The van der Waals surface area contributed by atoms with Gasteiger partial charge in [0.2, 0.25) is 0 Å². The summed E-state index contributed by atoms with van der Waals surface area (Å²) in [5.74, 6) is -0.0137. The second-order valence-electron chi connectivity index (χ2n) is 3.46. The fourth-order valence-corrected chi connectivity index (χ4v) is 1.72. The van der Waals surface area contributed by atoms with Crippen molar-refractivity contribution >= 4 is 11.6 Å². The molecule has 2 rings (SSSR count). The van der Waals surface area contributed by atoms with Crippen LogP contribution < -0.4 is 0 Å². The zero-order chi connectivity index (χ0) is 11.7. The lowest BCUT2D eigenvalue weighted by atomic mass is 10.1. The maximum Gasteiger partial charge on any atom is 0.142 e. The van der Waals surface area contributed by atoms with Gasteiger partial charge in [-0.1, -0.05) is 11.6 Å². The molecule has 16 heavy (non-hydrogen) atoms. The van der Waals surface area contributed by atoms with E-state index in [4.69, 9.17) is 11.6 Å². The van der Waals surface area contributed by atoms with Crippen LogP contribution in [0.25, 0.3) is 0 Å². The molecule has 3 nitrogen and oxygen atoms in total. The number of nitrogens with zero attached hydrogens (tertiary/aromatic N) is 2. The second-order valence-corrected chi connectivity index (χ2v) is 3.87. The molecular formula is C11H10ClFN2O. The predicted molar refractivity (Wildman–Crippen MR) is 58.7 cm³/mol. The molecule has 0 radical (unpaired) electrons. The van der Waals surface area contributed by atoms with Crippen molar-refractivity contribution in [1.82, 2.24) is 9.55 Å². The fraction of sp³-hybridized carbons (Fsp3) is 0.182. The lowest BCUT2D eigenvalue weighted by molar-refractivity contribution is 0.206. The number of aryl methyl sites for hydroxylation is 1. The lowest BCUT2D eigenvalue weighted by Crippen LogP contribution is -2.07. The summed E-state index contributed by atoms with van der Waals surface area (Å²) >= 11 is 5.90. The monoisotopic (exact) mass is 240 g/mol. The molecule has 0 bridgehead atoms. The molecule has 0 spiro atoms. The molecule has 1 atom stereocenters. The van der Waals surface area contributed by atoms with Crippen molar-refractivity contribution in [3.05, 3.63) is 52.8 Å². The molecule has 84 valence electrons. The van der Waals surface area contributed by atoms with Crippen LogP contribution in [0, 0.1) is 5.82 Å². The van der Waals surface area contributed by atoms with Crippen LogP contribution in [0.2, 0.25) is 5.02 Å². The van der Waals surface area contributed by atoms with Gasteiger partial charge in [-0.15, -0.1) is 0 Å². The average Bonchev–Trinajstić information content (AvgIpc) is 2.67. The van der Waals surface area contributed by atoms with Gasteiger partial charge in [0, 0.05) is 30.0 Å². The topological polar surface area (TPSA) is 38.0 Å². The van der Waals surface area contributed by atoms with Gasteiger partial charge < -0.3 is 9.67 Å². The van der Waals surface area contributed by atoms with Crippen LogP contribution in [0.4, 0.5) is 4.39 Å². The maximum absolute atomic E-state index is 13.1.